The minimum Gasteiger partial charge on any atom is -0.388 e. The zero-order valence-corrected chi connectivity index (χ0v) is 9.05. The topological polar surface area (TPSA) is 37.3 Å². The minimum absolute atomic E-state index is 0.0575. The third kappa shape index (κ3) is 3.33. The molecule has 2 nitrogen and oxygen atoms in total. The van der Waals surface area contributed by atoms with Crippen LogP contribution in [0.3, 0.4) is 0 Å². The van der Waals surface area contributed by atoms with Crippen LogP contribution in [0, 0.1) is 12.8 Å². The van der Waals surface area contributed by atoms with E-state index in [0.717, 1.165) is 11.8 Å². The molecule has 0 spiro atoms. The van der Waals surface area contributed by atoms with Crippen LogP contribution in [0.4, 0.5) is 0 Å². The Morgan fingerprint density at radius 3 is 2.40 bits per heavy atom. The van der Waals surface area contributed by atoms with Gasteiger partial charge < -0.3 is 5.11 Å². The number of carbonyl (C=O) groups excluding carboxylic acids is 1. The lowest BCUT2D eigenvalue weighted by Crippen LogP contribution is -2.06. The second kappa shape index (κ2) is 5.47. The van der Waals surface area contributed by atoms with Gasteiger partial charge in [-0.05, 0) is 18.6 Å². The Hall–Kier alpha value is -1.41. The van der Waals surface area contributed by atoms with Crippen molar-refractivity contribution < 1.29 is 9.90 Å². The molecule has 0 aliphatic rings. The van der Waals surface area contributed by atoms with Gasteiger partial charge in [-0.15, -0.1) is 0 Å². The molecular formula is C13H16O2. The number of benzene rings is 1. The van der Waals surface area contributed by atoms with E-state index in [1.54, 1.807) is 6.08 Å². The first-order valence-electron chi connectivity index (χ1n) is 5.01. The van der Waals surface area contributed by atoms with E-state index in [9.17, 15) is 9.90 Å². The highest BCUT2D eigenvalue weighted by Crippen LogP contribution is 2.22. The van der Waals surface area contributed by atoms with Crippen molar-refractivity contribution in [3.05, 3.63) is 47.5 Å². The Kier molecular flexibility index (Phi) is 4.25. The summed E-state index contributed by atoms with van der Waals surface area (Å²) in [6, 6.07) is 7.75. The molecule has 2 heteroatoms. The number of hydrogen-bond donors (Lipinski definition) is 1. The average molecular weight is 204 g/mol. The van der Waals surface area contributed by atoms with Crippen LogP contribution in [0.1, 0.15) is 24.2 Å². The Morgan fingerprint density at radius 1 is 1.27 bits per heavy atom. The van der Waals surface area contributed by atoms with E-state index in [0.29, 0.717) is 0 Å². The molecule has 1 N–H and O–H groups in total. The molecule has 1 aromatic carbocycles. The molecule has 0 saturated heterocycles. The van der Waals surface area contributed by atoms with E-state index < -0.39 is 6.10 Å². The third-order valence-electron chi connectivity index (χ3n) is 2.41. The molecule has 1 rings (SSSR count). The van der Waals surface area contributed by atoms with Crippen LogP contribution < -0.4 is 0 Å². The number of aldehydes is 1. The van der Waals surface area contributed by atoms with Gasteiger partial charge in [0.1, 0.15) is 6.29 Å². The van der Waals surface area contributed by atoms with Crippen LogP contribution in [0.15, 0.2) is 36.4 Å². The molecule has 2 atom stereocenters. The van der Waals surface area contributed by atoms with Gasteiger partial charge in [-0.1, -0.05) is 42.8 Å². The molecule has 0 aliphatic heterocycles. The number of aliphatic hydroxyl groups is 1. The SMILES string of the molecule is Cc1ccc(C(O)C(C)/C=C/C=O)cc1. The number of aliphatic hydroxyl groups excluding tert-OH is 1. The molecule has 0 amide bonds. The van der Waals surface area contributed by atoms with E-state index in [1.165, 1.54) is 11.6 Å². The molecule has 0 saturated carbocycles. The largest absolute Gasteiger partial charge is 0.388 e. The van der Waals surface area contributed by atoms with Crippen molar-refractivity contribution >= 4 is 6.29 Å². The molecular weight excluding hydrogens is 188 g/mol. The lowest BCUT2D eigenvalue weighted by atomic mass is 9.96. The molecule has 80 valence electrons. The van der Waals surface area contributed by atoms with E-state index in [-0.39, 0.29) is 5.92 Å². The van der Waals surface area contributed by atoms with Gasteiger partial charge in [0, 0.05) is 5.92 Å². The molecule has 1 aromatic rings. The second-order valence-corrected chi connectivity index (χ2v) is 3.74. The summed E-state index contributed by atoms with van der Waals surface area (Å²) in [5.74, 6) is -0.0575. The maximum Gasteiger partial charge on any atom is 0.142 e. The Morgan fingerprint density at radius 2 is 1.87 bits per heavy atom. The molecule has 15 heavy (non-hydrogen) atoms. The Labute approximate surface area is 90.3 Å². The van der Waals surface area contributed by atoms with E-state index in [1.807, 2.05) is 38.1 Å². The fraction of sp³-hybridized carbons (Fsp3) is 0.308. The minimum atomic E-state index is -0.554. The van der Waals surface area contributed by atoms with Crippen molar-refractivity contribution in [3.63, 3.8) is 0 Å². The molecule has 0 radical (unpaired) electrons. The Balaban J connectivity index is 2.75. The average Bonchev–Trinajstić information content (AvgIpc) is 2.26. The third-order valence-corrected chi connectivity index (χ3v) is 2.41. The van der Waals surface area contributed by atoms with Crippen molar-refractivity contribution in [1.29, 1.82) is 0 Å². The lowest BCUT2D eigenvalue weighted by Gasteiger charge is -2.15. The van der Waals surface area contributed by atoms with Gasteiger partial charge in [-0.3, -0.25) is 4.79 Å². The summed E-state index contributed by atoms with van der Waals surface area (Å²) in [5, 5.41) is 9.94. The fourth-order valence-electron chi connectivity index (χ4n) is 1.39. The van der Waals surface area contributed by atoms with Gasteiger partial charge >= 0.3 is 0 Å². The number of rotatable bonds is 4. The molecule has 0 fully saturated rings. The van der Waals surface area contributed by atoms with Gasteiger partial charge in [0.15, 0.2) is 0 Å². The predicted octanol–water partition coefficient (Wildman–Crippen LogP) is 2.42. The monoisotopic (exact) mass is 204 g/mol. The molecule has 0 heterocycles. The van der Waals surface area contributed by atoms with Gasteiger partial charge in [-0.2, -0.15) is 0 Å². The lowest BCUT2D eigenvalue weighted by molar-refractivity contribution is -0.104. The van der Waals surface area contributed by atoms with Crippen LogP contribution in [0.25, 0.3) is 0 Å². The van der Waals surface area contributed by atoms with Crippen LogP contribution in [-0.4, -0.2) is 11.4 Å². The normalized spacial score (nSPS) is 15.1. The number of aryl methyl sites for hydroxylation is 1. The van der Waals surface area contributed by atoms with E-state index in [4.69, 9.17) is 0 Å². The summed E-state index contributed by atoms with van der Waals surface area (Å²) in [4.78, 5) is 10.1. The summed E-state index contributed by atoms with van der Waals surface area (Å²) < 4.78 is 0. The summed E-state index contributed by atoms with van der Waals surface area (Å²) in [6.07, 6.45) is 3.29. The van der Waals surface area contributed by atoms with Gasteiger partial charge in [-0.25, -0.2) is 0 Å². The maximum atomic E-state index is 10.1. The number of hydrogen-bond acceptors (Lipinski definition) is 2. The van der Waals surface area contributed by atoms with Crippen LogP contribution in [-0.2, 0) is 4.79 Å². The van der Waals surface area contributed by atoms with Crippen molar-refractivity contribution in [1.82, 2.24) is 0 Å². The summed E-state index contributed by atoms with van der Waals surface area (Å²) in [5.41, 5.74) is 2.05. The molecule has 0 bridgehead atoms. The highest BCUT2D eigenvalue weighted by atomic mass is 16.3. The van der Waals surface area contributed by atoms with Gasteiger partial charge in [0.2, 0.25) is 0 Å². The first-order valence-corrected chi connectivity index (χ1v) is 5.01. The van der Waals surface area contributed by atoms with E-state index in [2.05, 4.69) is 0 Å². The van der Waals surface area contributed by atoms with Gasteiger partial charge in [0.05, 0.1) is 6.10 Å². The zero-order valence-electron chi connectivity index (χ0n) is 9.05. The predicted molar refractivity (Wildman–Crippen MR) is 60.5 cm³/mol. The number of carbonyl (C=O) groups is 1. The quantitative estimate of drug-likeness (QED) is 0.604. The van der Waals surface area contributed by atoms with Crippen LogP contribution >= 0.6 is 0 Å². The van der Waals surface area contributed by atoms with Crippen molar-refractivity contribution in [2.24, 2.45) is 5.92 Å². The number of allylic oxidation sites excluding steroid dienone is 1. The standard InChI is InChI=1S/C13H16O2/c1-10-5-7-12(8-6-10)13(15)11(2)4-3-9-14/h3-9,11,13,15H,1-2H3/b4-3+. The van der Waals surface area contributed by atoms with Crippen LogP contribution in [0.5, 0.6) is 0 Å². The van der Waals surface area contributed by atoms with Crippen molar-refractivity contribution in [3.8, 4) is 0 Å². The Bertz CT molecular complexity index is 338. The maximum absolute atomic E-state index is 10.1. The molecule has 0 aliphatic carbocycles. The zero-order chi connectivity index (χ0) is 11.3. The highest BCUT2D eigenvalue weighted by Gasteiger charge is 2.12. The summed E-state index contributed by atoms with van der Waals surface area (Å²) in [6.45, 7) is 3.89. The molecule has 0 aromatic heterocycles. The van der Waals surface area contributed by atoms with Crippen molar-refractivity contribution in [2.75, 3.05) is 0 Å². The van der Waals surface area contributed by atoms with Crippen LogP contribution in [0.2, 0.25) is 0 Å². The van der Waals surface area contributed by atoms with Gasteiger partial charge in [0.25, 0.3) is 0 Å². The van der Waals surface area contributed by atoms with Crippen molar-refractivity contribution in [2.45, 2.75) is 20.0 Å². The first kappa shape index (κ1) is 11.7. The second-order valence-electron chi connectivity index (χ2n) is 3.74. The first-order chi connectivity index (χ1) is 7.15. The van der Waals surface area contributed by atoms with E-state index >= 15 is 0 Å². The summed E-state index contributed by atoms with van der Waals surface area (Å²) >= 11 is 0. The summed E-state index contributed by atoms with van der Waals surface area (Å²) in [7, 11) is 0. The highest BCUT2D eigenvalue weighted by molar-refractivity contribution is 5.64. The fourth-order valence-corrected chi connectivity index (χ4v) is 1.39. The smallest absolute Gasteiger partial charge is 0.142 e. The molecule has 2 unspecified atom stereocenters.